The first-order chi connectivity index (χ1) is 11.6. The Morgan fingerprint density at radius 2 is 1.68 bits per heavy atom. The number of benzene rings is 1. The van der Waals surface area contributed by atoms with Gasteiger partial charge in [0.05, 0.1) is 7.11 Å². The van der Waals surface area contributed by atoms with Crippen LogP contribution >= 0.6 is 0 Å². The van der Waals surface area contributed by atoms with Crippen LogP contribution in [0.15, 0.2) is 24.3 Å². The molecule has 0 saturated carbocycles. The number of rotatable bonds is 2. The van der Waals surface area contributed by atoms with Crippen molar-refractivity contribution < 1.29 is 19.1 Å². The molecule has 1 aromatic carbocycles. The lowest BCUT2D eigenvalue weighted by Gasteiger charge is -2.44. The van der Waals surface area contributed by atoms with Crippen molar-refractivity contribution in [3.63, 3.8) is 0 Å². The van der Waals surface area contributed by atoms with Gasteiger partial charge in [0.1, 0.15) is 11.4 Å². The molecule has 0 aromatic heterocycles. The molecule has 0 aliphatic carbocycles. The van der Waals surface area contributed by atoms with Crippen LogP contribution in [0.25, 0.3) is 0 Å². The Bertz CT molecular complexity index is 639. The summed E-state index contributed by atoms with van der Waals surface area (Å²) in [7, 11) is 1.58. The van der Waals surface area contributed by atoms with Gasteiger partial charge in [0.25, 0.3) is 5.91 Å². The second-order valence-corrected chi connectivity index (χ2v) is 7.52. The van der Waals surface area contributed by atoms with E-state index in [1.165, 1.54) is 0 Å². The molecule has 0 radical (unpaired) electrons. The molecule has 6 nitrogen and oxygen atoms in total. The van der Waals surface area contributed by atoms with Crippen molar-refractivity contribution in [2.75, 3.05) is 20.2 Å². The van der Waals surface area contributed by atoms with Crippen LogP contribution in [0.2, 0.25) is 0 Å². The number of methoxy groups -OCH3 is 1. The van der Waals surface area contributed by atoms with Gasteiger partial charge >= 0.3 is 6.09 Å². The number of ether oxygens (including phenoxy) is 2. The van der Waals surface area contributed by atoms with E-state index in [9.17, 15) is 9.59 Å². The smallest absolute Gasteiger partial charge is 0.410 e. The molecule has 0 unspecified atom stereocenters. The van der Waals surface area contributed by atoms with E-state index in [2.05, 4.69) is 0 Å². The minimum Gasteiger partial charge on any atom is -0.497 e. The average Bonchev–Trinajstić information content (AvgIpc) is 2.54. The van der Waals surface area contributed by atoms with E-state index >= 15 is 0 Å². The highest BCUT2D eigenvalue weighted by molar-refractivity contribution is 5.95. The van der Waals surface area contributed by atoms with E-state index in [1.54, 1.807) is 35.1 Å². The molecule has 0 N–H and O–H groups in total. The maximum atomic E-state index is 12.9. The maximum absolute atomic E-state index is 12.9. The molecule has 2 rings (SSSR count). The van der Waals surface area contributed by atoms with Crippen LogP contribution in [0.5, 0.6) is 5.75 Å². The molecule has 1 heterocycles. The van der Waals surface area contributed by atoms with Crippen molar-refractivity contribution in [1.29, 1.82) is 0 Å². The highest BCUT2D eigenvalue weighted by Gasteiger charge is 2.36. The third-order valence-corrected chi connectivity index (χ3v) is 4.19. The van der Waals surface area contributed by atoms with Crippen molar-refractivity contribution >= 4 is 12.0 Å². The van der Waals surface area contributed by atoms with Gasteiger partial charge in [-0.25, -0.2) is 4.79 Å². The number of hydrogen-bond donors (Lipinski definition) is 0. The van der Waals surface area contributed by atoms with Crippen molar-refractivity contribution in [1.82, 2.24) is 9.80 Å². The zero-order valence-corrected chi connectivity index (χ0v) is 15.9. The Morgan fingerprint density at radius 3 is 2.28 bits per heavy atom. The highest BCUT2D eigenvalue weighted by Crippen LogP contribution is 2.22. The molecule has 0 bridgehead atoms. The van der Waals surface area contributed by atoms with Gasteiger partial charge in [-0.1, -0.05) is 6.07 Å². The number of carbonyl (C=O) groups excluding carboxylic acids is 2. The van der Waals surface area contributed by atoms with Gasteiger partial charge in [-0.15, -0.1) is 0 Å². The fourth-order valence-corrected chi connectivity index (χ4v) is 2.91. The second-order valence-electron chi connectivity index (χ2n) is 7.52. The predicted octanol–water partition coefficient (Wildman–Crippen LogP) is 3.17. The predicted molar refractivity (Wildman–Crippen MR) is 95.9 cm³/mol. The lowest BCUT2D eigenvalue weighted by atomic mass is 10.1. The van der Waals surface area contributed by atoms with Gasteiger partial charge in [0, 0.05) is 30.7 Å². The molecule has 138 valence electrons. The van der Waals surface area contributed by atoms with Gasteiger partial charge in [0.2, 0.25) is 0 Å². The zero-order chi connectivity index (χ0) is 18.8. The molecule has 1 saturated heterocycles. The van der Waals surface area contributed by atoms with E-state index in [4.69, 9.17) is 9.47 Å². The van der Waals surface area contributed by atoms with Crippen molar-refractivity contribution in [3.8, 4) is 5.75 Å². The van der Waals surface area contributed by atoms with E-state index in [0.717, 1.165) is 0 Å². The summed E-state index contributed by atoms with van der Waals surface area (Å²) in [6.45, 7) is 10.3. The molecule has 0 spiro atoms. The summed E-state index contributed by atoms with van der Waals surface area (Å²) in [4.78, 5) is 28.8. The van der Waals surface area contributed by atoms with Crippen LogP contribution in [-0.4, -0.2) is 59.7 Å². The molecule has 25 heavy (non-hydrogen) atoms. The minimum atomic E-state index is -0.534. The lowest BCUT2D eigenvalue weighted by molar-refractivity contribution is -0.00788. The average molecular weight is 348 g/mol. The summed E-state index contributed by atoms with van der Waals surface area (Å²) < 4.78 is 10.7. The molecular weight excluding hydrogens is 320 g/mol. The summed E-state index contributed by atoms with van der Waals surface area (Å²) >= 11 is 0. The maximum Gasteiger partial charge on any atom is 0.410 e. The third kappa shape index (κ3) is 4.65. The molecule has 1 fully saturated rings. The SMILES string of the molecule is COc1cccc(C(=O)N2C[C@H](C)N(C(=O)OC(C)(C)C)C[C@@H]2C)c1. The van der Waals surface area contributed by atoms with E-state index in [0.29, 0.717) is 24.4 Å². The third-order valence-electron chi connectivity index (χ3n) is 4.19. The normalized spacial score (nSPS) is 21.0. The molecule has 6 heteroatoms. The number of carbonyl (C=O) groups is 2. The fraction of sp³-hybridized carbons (Fsp3) is 0.579. The number of piperazine rings is 1. The second kappa shape index (κ2) is 7.33. The Labute approximate surface area is 149 Å². The topological polar surface area (TPSA) is 59.1 Å². The van der Waals surface area contributed by atoms with E-state index in [-0.39, 0.29) is 24.1 Å². The van der Waals surface area contributed by atoms with Crippen LogP contribution in [0.1, 0.15) is 45.0 Å². The Hall–Kier alpha value is -2.24. The first kappa shape index (κ1) is 19.1. The summed E-state index contributed by atoms with van der Waals surface area (Å²) in [6.07, 6.45) is -0.333. The quantitative estimate of drug-likeness (QED) is 0.824. The minimum absolute atomic E-state index is 0.0536. The summed E-state index contributed by atoms with van der Waals surface area (Å²) in [5.41, 5.74) is 0.0530. The fourth-order valence-electron chi connectivity index (χ4n) is 2.91. The largest absolute Gasteiger partial charge is 0.497 e. The van der Waals surface area contributed by atoms with Gasteiger partial charge in [-0.2, -0.15) is 0 Å². The lowest BCUT2D eigenvalue weighted by Crippen LogP contribution is -2.60. The monoisotopic (exact) mass is 348 g/mol. The first-order valence-electron chi connectivity index (χ1n) is 8.57. The number of nitrogens with zero attached hydrogens (tertiary/aromatic N) is 2. The van der Waals surface area contributed by atoms with E-state index < -0.39 is 5.60 Å². The number of hydrogen-bond acceptors (Lipinski definition) is 4. The van der Waals surface area contributed by atoms with Gasteiger partial charge < -0.3 is 19.3 Å². The molecule has 1 aliphatic rings. The van der Waals surface area contributed by atoms with Crippen molar-refractivity contribution in [2.45, 2.75) is 52.3 Å². The highest BCUT2D eigenvalue weighted by atomic mass is 16.6. The molecule has 2 atom stereocenters. The van der Waals surface area contributed by atoms with Gasteiger partial charge in [-0.05, 0) is 52.8 Å². The van der Waals surface area contributed by atoms with Crippen LogP contribution in [-0.2, 0) is 4.74 Å². The van der Waals surface area contributed by atoms with Gasteiger partial charge in [-0.3, -0.25) is 4.79 Å². The van der Waals surface area contributed by atoms with Crippen LogP contribution < -0.4 is 4.74 Å². The van der Waals surface area contributed by atoms with Crippen molar-refractivity contribution in [2.24, 2.45) is 0 Å². The molecule has 1 aliphatic heterocycles. The van der Waals surface area contributed by atoms with Crippen LogP contribution in [0.3, 0.4) is 0 Å². The Kier molecular flexibility index (Phi) is 5.60. The molecule has 1 aromatic rings. The van der Waals surface area contributed by atoms with Crippen molar-refractivity contribution in [3.05, 3.63) is 29.8 Å². The Balaban J connectivity index is 2.11. The zero-order valence-electron chi connectivity index (χ0n) is 15.9. The molecule has 2 amide bonds. The Morgan fingerprint density at radius 1 is 1.08 bits per heavy atom. The van der Waals surface area contributed by atoms with Gasteiger partial charge in [0.15, 0.2) is 0 Å². The standard InChI is InChI=1S/C19H28N2O4/c1-13-12-21(18(23)25-19(3,4)5)14(2)11-20(13)17(22)15-8-7-9-16(10-15)24-6/h7-10,13-14H,11-12H2,1-6H3/t13-,14-/m0/s1. The first-order valence-corrected chi connectivity index (χ1v) is 8.57. The summed E-state index contributed by atoms with van der Waals surface area (Å²) in [6, 6.07) is 6.92. The summed E-state index contributed by atoms with van der Waals surface area (Å²) in [5.74, 6) is 0.598. The molecular formula is C19H28N2O4. The summed E-state index contributed by atoms with van der Waals surface area (Å²) in [5, 5.41) is 0. The van der Waals surface area contributed by atoms with Crippen LogP contribution in [0.4, 0.5) is 4.79 Å². The van der Waals surface area contributed by atoms with Crippen LogP contribution in [0, 0.1) is 0 Å². The number of amides is 2. The van der Waals surface area contributed by atoms with E-state index in [1.807, 2.05) is 40.7 Å².